The van der Waals surface area contributed by atoms with Crippen LogP contribution in [0.3, 0.4) is 0 Å². The second-order valence-electron chi connectivity index (χ2n) is 6.00. The van der Waals surface area contributed by atoms with Gasteiger partial charge in [-0.05, 0) is 33.6 Å². The Kier molecular flexibility index (Phi) is 9.21. The number of carboxylic acid groups (broad SMARTS) is 1. The lowest BCUT2D eigenvalue weighted by atomic mass is 10.1. The number of hydrogen-bond acceptors (Lipinski definition) is 5. The first kappa shape index (κ1) is 20.2. The summed E-state index contributed by atoms with van der Waals surface area (Å²) in [6, 6.07) is -1.18. The van der Waals surface area contributed by atoms with E-state index in [-0.39, 0.29) is 12.8 Å². The summed E-state index contributed by atoms with van der Waals surface area (Å²) in [6.07, 6.45) is 1.86. The van der Waals surface area contributed by atoms with Crippen molar-refractivity contribution in [1.29, 1.82) is 0 Å². The lowest BCUT2D eigenvalue weighted by Gasteiger charge is -2.21. The van der Waals surface area contributed by atoms with Gasteiger partial charge in [0.05, 0.1) is 6.61 Å². The molecule has 1 atom stereocenters. The average molecular weight is 317 g/mol. The molecular formula is C15H27NO6. The number of nitrogens with one attached hydrogen (secondary N) is 1. The average Bonchev–Trinajstić information content (AvgIpc) is 2.37. The van der Waals surface area contributed by atoms with Crippen LogP contribution >= 0.6 is 0 Å². The number of carbonyl (C=O) groups excluding carboxylic acids is 2. The third-order valence-corrected chi connectivity index (χ3v) is 2.64. The lowest BCUT2D eigenvalue weighted by Crippen LogP contribution is -2.43. The van der Waals surface area contributed by atoms with Crippen molar-refractivity contribution >= 4 is 18.0 Å². The zero-order chi connectivity index (χ0) is 17.2. The maximum atomic E-state index is 11.5. The first-order chi connectivity index (χ1) is 10.2. The van der Waals surface area contributed by atoms with E-state index in [1.54, 1.807) is 20.8 Å². The van der Waals surface area contributed by atoms with Crippen LogP contribution in [-0.2, 0) is 19.1 Å². The summed E-state index contributed by atoms with van der Waals surface area (Å²) in [5.74, 6) is -1.68. The quantitative estimate of drug-likeness (QED) is 0.500. The number of ether oxygens (including phenoxy) is 2. The molecule has 0 aromatic heterocycles. The Morgan fingerprint density at radius 2 is 1.82 bits per heavy atom. The summed E-state index contributed by atoms with van der Waals surface area (Å²) in [6.45, 7) is 7.41. The lowest BCUT2D eigenvalue weighted by molar-refractivity contribution is -0.144. The van der Waals surface area contributed by atoms with Crippen LogP contribution in [0.4, 0.5) is 4.79 Å². The number of carbonyl (C=O) groups is 3. The molecule has 7 heteroatoms. The standard InChI is InChI=1S/C15H27NO6/c1-5-6-7-10-21-12(17)9-8-11(13(18)19)16-14(20)22-15(2,3)4/h11H,5-10H2,1-4H3,(H,16,20)(H,18,19). The molecule has 0 fully saturated rings. The van der Waals surface area contributed by atoms with Crippen molar-refractivity contribution in [2.45, 2.75) is 71.4 Å². The van der Waals surface area contributed by atoms with Gasteiger partial charge in [0, 0.05) is 6.42 Å². The maximum absolute atomic E-state index is 11.5. The highest BCUT2D eigenvalue weighted by atomic mass is 16.6. The van der Waals surface area contributed by atoms with Crippen LogP contribution in [0.2, 0.25) is 0 Å². The first-order valence-electron chi connectivity index (χ1n) is 7.53. The Bertz CT molecular complexity index is 375. The van der Waals surface area contributed by atoms with Gasteiger partial charge in [-0.2, -0.15) is 0 Å². The molecule has 1 amide bonds. The van der Waals surface area contributed by atoms with Gasteiger partial charge in [0.2, 0.25) is 0 Å². The highest BCUT2D eigenvalue weighted by molar-refractivity contribution is 5.80. The van der Waals surface area contributed by atoms with Crippen LogP contribution in [0.15, 0.2) is 0 Å². The second-order valence-corrected chi connectivity index (χ2v) is 6.00. The summed E-state index contributed by atoms with van der Waals surface area (Å²) in [5.41, 5.74) is -0.717. The number of alkyl carbamates (subject to hydrolysis) is 1. The zero-order valence-corrected chi connectivity index (χ0v) is 13.8. The fraction of sp³-hybridized carbons (Fsp3) is 0.800. The number of aliphatic carboxylic acids is 1. The largest absolute Gasteiger partial charge is 0.480 e. The summed E-state index contributed by atoms with van der Waals surface area (Å²) in [7, 11) is 0. The summed E-state index contributed by atoms with van der Waals surface area (Å²) in [4.78, 5) is 34.1. The van der Waals surface area contributed by atoms with Crippen molar-refractivity contribution in [1.82, 2.24) is 5.32 Å². The zero-order valence-electron chi connectivity index (χ0n) is 13.8. The van der Waals surface area contributed by atoms with E-state index in [0.29, 0.717) is 6.61 Å². The molecular weight excluding hydrogens is 290 g/mol. The van der Waals surface area contributed by atoms with Gasteiger partial charge in [-0.1, -0.05) is 19.8 Å². The predicted octanol–water partition coefficient (Wildman–Crippen LogP) is 2.48. The molecule has 0 radical (unpaired) electrons. The number of unbranched alkanes of at least 4 members (excludes halogenated alkanes) is 2. The molecule has 0 aromatic rings. The van der Waals surface area contributed by atoms with Crippen molar-refractivity contribution < 1.29 is 29.0 Å². The number of amides is 1. The highest BCUT2D eigenvalue weighted by Crippen LogP contribution is 2.08. The van der Waals surface area contributed by atoms with E-state index in [2.05, 4.69) is 5.32 Å². The molecule has 0 aliphatic carbocycles. The van der Waals surface area contributed by atoms with Gasteiger partial charge in [0.25, 0.3) is 0 Å². The Morgan fingerprint density at radius 3 is 2.32 bits per heavy atom. The Morgan fingerprint density at radius 1 is 1.18 bits per heavy atom. The minimum absolute atomic E-state index is 0.0405. The SMILES string of the molecule is CCCCCOC(=O)CCC(NC(=O)OC(C)(C)C)C(=O)O. The third kappa shape index (κ3) is 10.9. The second kappa shape index (κ2) is 10.0. The minimum Gasteiger partial charge on any atom is -0.480 e. The Labute approximate surface area is 131 Å². The molecule has 0 spiro atoms. The topological polar surface area (TPSA) is 102 Å². The fourth-order valence-corrected chi connectivity index (χ4v) is 1.58. The van der Waals surface area contributed by atoms with Gasteiger partial charge >= 0.3 is 18.0 Å². The predicted molar refractivity (Wildman–Crippen MR) is 80.5 cm³/mol. The van der Waals surface area contributed by atoms with Gasteiger partial charge in [-0.15, -0.1) is 0 Å². The molecule has 22 heavy (non-hydrogen) atoms. The van der Waals surface area contributed by atoms with Gasteiger partial charge < -0.3 is 19.9 Å². The van der Waals surface area contributed by atoms with Crippen LogP contribution < -0.4 is 5.32 Å². The molecule has 1 unspecified atom stereocenters. The highest BCUT2D eigenvalue weighted by Gasteiger charge is 2.24. The van der Waals surface area contributed by atoms with Crippen LogP contribution in [0, 0.1) is 0 Å². The third-order valence-electron chi connectivity index (χ3n) is 2.64. The van der Waals surface area contributed by atoms with E-state index in [4.69, 9.17) is 14.6 Å². The normalized spacial score (nSPS) is 12.4. The van der Waals surface area contributed by atoms with E-state index in [9.17, 15) is 14.4 Å². The van der Waals surface area contributed by atoms with Crippen molar-refractivity contribution in [3.8, 4) is 0 Å². The van der Waals surface area contributed by atoms with Gasteiger partial charge in [-0.3, -0.25) is 4.79 Å². The number of esters is 1. The molecule has 0 saturated carbocycles. The molecule has 128 valence electrons. The molecule has 0 bridgehead atoms. The van der Waals surface area contributed by atoms with E-state index in [1.807, 2.05) is 6.92 Å². The summed E-state index contributed by atoms with van der Waals surface area (Å²) >= 11 is 0. The molecule has 0 heterocycles. The first-order valence-corrected chi connectivity index (χ1v) is 7.53. The van der Waals surface area contributed by atoms with Crippen LogP contribution in [-0.4, -0.2) is 41.4 Å². The van der Waals surface area contributed by atoms with Crippen molar-refractivity contribution in [3.63, 3.8) is 0 Å². The van der Waals surface area contributed by atoms with Gasteiger partial charge in [0.1, 0.15) is 11.6 Å². The van der Waals surface area contributed by atoms with Crippen molar-refractivity contribution in [3.05, 3.63) is 0 Å². The Hall–Kier alpha value is -1.79. The number of hydrogen-bond donors (Lipinski definition) is 2. The maximum Gasteiger partial charge on any atom is 0.408 e. The van der Waals surface area contributed by atoms with E-state index >= 15 is 0 Å². The molecule has 0 aliphatic heterocycles. The molecule has 0 rings (SSSR count). The van der Waals surface area contributed by atoms with Gasteiger partial charge in [0.15, 0.2) is 0 Å². The van der Waals surface area contributed by atoms with Gasteiger partial charge in [-0.25, -0.2) is 9.59 Å². The summed E-state index contributed by atoms with van der Waals surface area (Å²) < 4.78 is 9.97. The molecule has 0 aliphatic rings. The van der Waals surface area contributed by atoms with E-state index in [0.717, 1.165) is 19.3 Å². The van der Waals surface area contributed by atoms with Crippen LogP contribution in [0.5, 0.6) is 0 Å². The summed E-state index contributed by atoms with van der Waals surface area (Å²) in [5, 5.41) is 11.3. The molecule has 0 aromatic carbocycles. The van der Waals surface area contributed by atoms with E-state index < -0.39 is 29.7 Å². The monoisotopic (exact) mass is 317 g/mol. The minimum atomic E-state index is -1.22. The Balaban J connectivity index is 4.17. The van der Waals surface area contributed by atoms with Crippen LogP contribution in [0.25, 0.3) is 0 Å². The van der Waals surface area contributed by atoms with Crippen LogP contribution in [0.1, 0.15) is 59.8 Å². The van der Waals surface area contributed by atoms with Crippen molar-refractivity contribution in [2.24, 2.45) is 0 Å². The molecule has 2 N–H and O–H groups in total. The molecule has 0 saturated heterocycles. The number of rotatable bonds is 9. The smallest absolute Gasteiger partial charge is 0.408 e. The van der Waals surface area contributed by atoms with Crippen molar-refractivity contribution in [2.75, 3.05) is 6.61 Å². The van der Waals surface area contributed by atoms with E-state index in [1.165, 1.54) is 0 Å². The molecule has 7 nitrogen and oxygen atoms in total. The fourth-order valence-electron chi connectivity index (χ4n) is 1.58. The number of carboxylic acids is 1.